The van der Waals surface area contributed by atoms with Gasteiger partial charge in [0, 0.05) is 35.3 Å². The van der Waals surface area contributed by atoms with Crippen molar-refractivity contribution in [2.75, 3.05) is 23.9 Å². The maximum Gasteiger partial charge on any atom is 0.274 e. The number of carbonyl (C=O) groups is 2. The Bertz CT molecular complexity index is 963. The molecule has 9 heteroatoms. The van der Waals surface area contributed by atoms with E-state index < -0.39 is 10.8 Å². The van der Waals surface area contributed by atoms with Gasteiger partial charge in [0.15, 0.2) is 0 Å². The Morgan fingerprint density at radius 3 is 2.75 bits per heavy atom. The molecule has 2 aromatic carbocycles. The molecular weight excluding hydrogens is 386 g/mol. The van der Waals surface area contributed by atoms with Gasteiger partial charge in [0.2, 0.25) is 11.8 Å². The van der Waals surface area contributed by atoms with Crippen molar-refractivity contribution in [2.24, 2.45) is 5.92 Å². The maximum absolute atomic E-state index is 12.6. The van der Waals surface area contributed by atoms with Gasteiger partial charge in [-0.2, -0.15) is 0 Å². The summed E-state index contributed by atoms with van der Waals surface area (Å²) in [6.07, 6.45) is 0.0233. The lowest BCUT2D eigenvalue weighted by Crippen LogP contribution is -2.28. The number of amides is 2. The number of hydrogen-bond donors (Lipinski definition) is 1. The molecule has 1 heterocycles. The predicted octanol–water partition coefficient (Wildman–Crippen LogP) is 3.56. The Morgan fingerprint density at radius 1 is 1.32 bits per heavy atom. The maximum atomic E-state index is 12.6. The molecule has 1 atom stereocenters. The number of nitrogens with zero attached hydrogens (tertiary/aromatic N) is 2. The summed E-state index contributed by atoms with van der Waals surface area (Å²) in [5.74, 6) is -0.727. The zero-order valence-electron chi connectivity index (χ0n) is 15.3. The zero-order chi connectivity index (χ0) is 20.4. The molecule has 0 spiro atoms. The van der Waals surface area contributed by atoms with Crippen LogP contribution in [-0.4, -0.2) is 30.4 Å². The van der Waals surface area contributed by atoms with Crippen LogP contribution in [0.1, 0.15) is 12.0 Å². The first kappa shape index (κ1) is 19.6. The second-order valence-electron chi connectivity index (χ2n) is 6.47. The van der Waals surface area contributed by atoms with E-state index in [9.17, 15) is 19.7 Å². The lowest BCUT2D eigenvalue weighted by molar-refractivity contribution is -0.385. The van der Waals surface area contributed by atoms with Crippen LogP contribution in [0.3, 0.4) is 0 Å². The number of nitrogens with one attached hydrogen (secondary N) is 1. The van der Waals surface area contributed by atoms with E-state index >= 15 is 0 Å². The number of hydrogen-bond acceptors (Lipinski definition) is 5. The van der Waals surface area contributed by atoms with Crippen molar-refractivity contribution in [1.82, 2.24) is 0 Å². The molecular formula is C19H18ClN3O5. The number of aryl methyl sites for hydroxylation is 1. The van der Waals surface area contributed by atoms with Gasteiger partial charge in [0.05, 0.1) is 23.6 Å². The van der Waals surface area contributed by atoms with Crippen LogP contribution in [-0.2, 0) is 9.59 Å². The number of nitro groups is 1. The van der Waals surface area contributed by atoms with Gasteiger partial charge in [-0.05, 0) is 31.2 Å². The van der Waals surface area contributed by atoms with Crippen LogP contribution in [0.15, 0.2) is 36.4 Å². The summed E-state index contributed by atoms with van der Waals surface area (Å²) in [5, 5.41) is 14.2. The minimum atomic E-state index is -0.600. The largest absolute Gasteiger partial charge is 0.495 e. The number of rotatable bonds is 5. The summed E-state index contributed by atoms with van der Waals surface area (Å²) in [6, 6.07) is 9.39. The fourth-order valence-electron chi connectivity index (χ4n) is 3.12. The number of carbonyl (C=O) groups excluding carboxylic acids is 2. The molecule has 0 radical (unpaired) electrons. The third-order valence-electron chi connectivity index (χ3n) is 4.60. The molecule has 1 saturated heterocycles. The molecule has 2 amide bonds. The smallest absolute Gasteiger partial charge is 0.274 e. The highest BCUT2D eigenvalue weighted by Crippen LogP contribution is 2.35. The normalized spacial score (nSPS) is 16.2. The van der Waals surface area contributed by atoms with Gasteiger partial charge < -0.3 is 15.0 Å². The highest BCUT2D eigenvalue weighted by molar-refractivity contribution is 6.31. The van der Waals surface area contributed by atoms with Crippen molar-refractivity contribution in [3.8, 4) is 5.75 Å². The Hall–Kier alpha value is -3.13. The SMILES string of the molecule is COc1ccc(Cl)cc1N1CC(C(=O)Nc2ccc(C)c([N+](=O)[O-])c2)CC1=O. The van der Waals surface area contributed by atoms with Crippen molar-refractivity contribution in [3.05, 3.63) is 57.1 Å². The van der Waals surface area contributed by atoms with Crippen LogP contribution in [0, 0.1) is 23.0 Å². The number of halogens is 1. The van der Waals surface area contributed by atoms with Gasteiger partial charge in [0.1, 0.15) is 5.75 Å². The fourth-order valence-corrected chi connectivity index (χ4v) is 3.28. The topological polar surface area (TPSA) is 102 Å². The quantitative estimate of drug-likeness (QED) is 0.607. The summed E-state index contributed by atoms with van der Waals surface area (Å²) in [7, 11) is 1.49. The molecule has 1 N–H and O–H groups in total. The third kappa shape index (κ3) is 3.91. The Labute approximate surface area is 166 Å². The summed E-state index contributed by atoms with van der Waals surface area (Å²) in [5.41, 5.74) is 1.23. The number of benzene rings is 2. The van der Waals surface area contributed by atoms with Crippen LogP contribution in [0.2, 0.25) is 5.02 Å². The van der Waals surface area contributed by atoms with E-state index in [-0.39, 0.29) is 30.5 Å². The van der Waals surface area contributed by atoms with Crippen LogP contribution in [0.4, 0.5) is 17.1 Å². The standard InChI is InChI=1S/C19H18ClN3O5/c1-11-3-5-14(9-15(11)23(26)27)21-19(25)12-7-18(24)22(10-12)16-8-13(20)4-6-17(16)28-2/h3-6,8-9,12H,7,10H2,1-2H3,(H,21,25). The molecule has 0 aromatic heterocycles. The van der Waals surface area contributed by atoms with E-state index in [0.29, 0.717) is 27.7 Å². The Morgan fingerprint density at radius 2 is 2.07 bits per heavy atom. The van der Waals surface area contributed by atoms with Crippen molar-refractivity contribution >= 4 is 40.5 Å². The average Bonchev–Trinajstić information content (AvgIpc) is 3.04. The van der Waals surface area contributed by atoms with Gasteiger partial charge in [-0.1, -0.05) is 17.7 Å². The van der Waals surface area contributed by atoms with Crippen molar-refractivity contribution in [1.29, 1.82) is 0 Å². The molecule has 0 saturated carbocycles. The molecule has 2 aromatic rings. The monoisotopic (exact) mass is 403 g/mol. The minimum Gasteiger partial charge on any atom is -0.495 e. The van der Waals surface area contributed by atoms with Gasteiger partial charge in [-0.15, -0.1) is 0 Å². The first-order valence-electron chi connectivity index (χ1n) is 8.50. The highest BCUT2D eigenvalue weighted by atomic mass is 35.5. The molecule has 0 aliphatic carbocycles. The molecule has 3 rings (SSSR count). The second kappa shape index (κ2) is 7.85. The molecule has 1 fully saturated rings. The number of ether oxygens (including phenoxy) is 1. The zero-order valence-corrected chi connectivity index (χ0v) is 16.0. The van der Waals surface area contributed by atoms with Gasteiger partial charge in [-0.25, -0.2) is 0 Å². The van der Waals surface area contributed by atoms with E-state index in [1.807, 2.05) is 0 Å². The van der Waals surface area contributed by atoms with Crippen molar-refractivity contribution in [2.45, 2.75) is 13.3 Å². The van der Waals surface area contributed by atoms with Gasteiger partial charge in [-0.3, -0.25) is 19.7 Å². The number of methoxy groups -OCH3 is 1. The minimum absolute atomic E-state index is 0.0233. The van der Waals surface area contributed by atoms with E-state index in [1.54, 1.807) is 37.3 Å². The van der Waals surface area contributed by atoms with Crippen LogP contribution >= 0.6 is 11.6 Å². The van der Waals surface area contributed by atoms with E-state index in [0.717, 1.165) is 0 Å². The molecule has 8 nitrogen and oxygen atoms in total. The fraction of sp³-hybridized carbons (Fsp3) is 0.263. The van der Waals surface area contributed by atoms with Gasteiger partial charge >= 0.3 is 0 Å². The molecule has 28 heavy (non-hydrogen) atoms. The second-order valence-corrected chi connectivity index (χ2v) is 6.91. The first-order valence-corrected chi connectivity index (χ1v) is 8.87. The molecule has 1 aliphatic rings. The van der Waals surface area contributed by atoms with E-state index in [4.69, 9.17) is 16.3 Å². The number of anilines is 2. The van der Waals surface area contributed by atoms with Crippen molar-refractivity contribution < 1.29 is 19.2 Å². The van der Waals surface area contributed by atoms with Crippen LogP contribution in [0.5, 0.6) is 5.75 Å². The van der Waals surface area contributed by atoms with Crippen molar-refractivity contribution in [3.63, 3.8) is 0 Å². The summed E-state index contributed by atoms with van der Waals surface area (Å²) in [6.45, 7) is 1.78. The van der Waals surface area contributed by atoms with E-state index in [1.165, 1.54) is 18.1 Å². The molecule has 1 unspecified atom stereocenters. The third-order valence-corrected chi connectivity index (χ3v) is 4.84. The predicted molar refractivity (Wildman–Crippen MR) is 105 cm³/mol. The van der Waals surface area contributed by atoms with Crippen LogP contribution < -0.4 is 15.0 Å². The number of nitro benzene ring substituents is 1. The summed E-state index contributed by atoms with van der Waals surface area (Å²) in [4.78, 5) is 37.1. The van der Waals surface area contributed by atoms with Crippen LogP contribution in [0.25, 0.3) is 0 Å². The Kier molecular flexibility index (Phi) is 5.51. The molecule has 146 valence electrons. The lowest BCUT2D eigenvalue weighted by atomic mass is 10.1. The summed E-state index contributed by atoms with van der Waals surface area (Å²) < 4.78 is 5.28. The molecule has 0 bridgehead atoms. The molecule has 1 aliphatic heterocycles. The van der Waals surface area contributed by atoms with E-state index in [2.05, 4.69) is 5.32 Å². The average molecular weight is 404 g/mol. The van der Waals surface area contributed by atoms with Gasteiger partial charge in [0.25, 0.3) is 5.69 Å². The Balaban J connectivity index is 1.77. The highest BCUT2D eigenvalue weighted by Gasteiger charge is 2.36. The first-order chi connectivity index (χ1) is 13.3. The lowest BCUT2D eigenvalue weighted by Gasteiger charge is -2.20. The summed E-state index contributed by atoms with van der Waals surface area (Å²) >= 11 is 6.03.